The van der Waals surface area contributed by atoms with Crippen LogP contribution in [-0.4, -0.2) is 62.1 Å². The molecule has 0 aliphatic carbocycles. The van der Waals surface area contributed by atoms with Gasteiger partial charge in [-0.25, -0.2) is 9.07 Å². The lowest BCUT2D eigenvalue weighted by Gasteiger charge is -2.34. The van der Waals surface area contributed by atoms with Crippen LogP contribution in [0, 0.1) is 5.82 Å². The number of halogens is 1. The van der Waals surface area contributed by atoms with Crippen LogP contribution in [0.25, 0.3) is 0 Å². The molecular formula is C22H25FN6O2. The molecule has 3 aromatic rings. The van der Waals surface area contributed by atoms with Gasteiger partial charge in [0.1, 0.15) is 18.2 Å². The SMILES string of the molecule is CCn1nnnc1COc1ccc(C(=O)N2CCN(Cc3cccc(F)c3)CC2)cc1. The highest BCUT2D eigenvalue weighted by atomic mass is 19.1. The third-order valence-electron chi connectivity index (χ3n) is 5.33. The smallest absolute Gasteiger partial charge is 0.253 e. The molecule has 1 fully saturated rings. The van der Waals surface area contributed by atoms with E-state index in [1.165, 1.54) is 6.07 Å². The average molecular weight is 424 g/mol. The van der Waals surface area contributed by atoms with Gasteiger partial charge in [0.15, 0.2) is 5.82 Å². The Morgan fingerprint density at radius 2 is 1.87 bits per heavy atom. The number of carbonyl (C=O) groups excluding carboxylic acids is 1. The molecule has 9 heteroatoms. The highest BCUT2D eigenvalue weighted by Crippen LogP contribution is 2.17. The predicted octanol–water partition coefficient (Wildman–Crippen LogP) is 2.37. The minimum absolute atomic E-state index is 0.00637. The molecule has 8 nitrogen and oxygen atoms in total. The molecule has 2 heterocycles. The number of benzene rings is 2. The highest BCUT2D eigenvalue weighted by molar-refractivity contribution is 5.94. The van der Waals surface area contributed by atoms with Crippen LogP contribution in [0.5, 0.6) is 5.75 Å². The maximum Gasteiger partial charge on any atom is 0.253 e. The van der Waals surface area contributed by atoms with Gasteiger partial charge in [0, 0.05) is 44.8 Å². The van der Waals surface area contributed by atoms with E-state index >= 15 is 0 Å². The Balaban J connectivity index is 1.27. The molecule has 0 bridgehead atoms. The molecule has 31 heavy (non-hydrogen) atoms. The predicted molar refractivity (Wildman–Crippen MR) is 112 cm³/mol. The molecule has 1 aliphatic heterocycles. The third kappa shape index (κ3) is 5.24. The summed E-state index contributed by atoms with van der Waals surface area (Å²) in [5.74, 6) is 1.09. The summed E-state index contributed by atoms with van der Waals surface area (Å²) in [7, 11) is 0. The zero-order chi connectivity index (χ0) is 21.6. The van der Waals surface area contributed by atoms with E-state index in [0.29, 0.717) is 43.3 Å². The topological polar surface area (TPSA) is 76.4 Å². The summed E-state index contributed by atoms with van der Waals surface area (Å²) < 4.78 is 20.8. The first-order valence-corrected chi connectivity index (χ1v) is 10.4. The molecule has 0 spiro atoms. The second-order valence-electron chi connectivity index (χ2n) is 7.42. The van der Waals surface area contributed by atoms with Crippen LogP contribution in [0.3, 0.4) is 0 Å². The van der Waals surface area contributed by atoms with E-state index in [4.69, 9.17) is 4.74 Å². The van der Waals surface area contributed by atoms with Crippen molar-refractivity contribution >= 4 is 5.91 Å². The largest absolute Gasteiger partial charge is 0.486 e. The Labute approximate surface area is 180 Å². The monoisotopic (exact) mass is 424 g/mol. The molecule has 0 unspecified atom stereocenters. The zero-order valence-corrected chi connectivity index (χ0v) is 17.4. The molecule has 162 valence electrons. The third-order valence-corrected chi connectivity index (χ3v) is 5.33. The number of nitrogens with zero attached hydrogens (tertiary/aromatic N) is 6. The van der Waals surface area contributed by atoms with Gasteiger partial charge in [-0.05, 0) is 59.3 Å². The second kappa shape index (κ2) is 9.65. The normalized spacial score (nSPS) is 14.6. The fourth-order valence-corrected chi connectivity index (χ4v) is 3.60. The maximum absolute atomic E-state index is 13.4. The Morgan fingerprint density at radius 3 is 2.58 bits per heavy atom. The van der Waals surface area contributed by atoms with Gasteiger partial charge in [-0.3, -0.25) is 9.69 Å². The van der Waals surface area contributed by atoms with E-state index in [-0.39, 0.29) is 18.3 Å². The molecule has 0 atom stereocenters. The molecule has 0 radical (unpaired) electrons. The quantitative estimate of drug-likeness (QED) is 0.580. The number of amides is 1. The maximum atomic E-state index is 13.4. The van der Waals surface area contributed by atoms with Crippen molar-refractivity contribution in [3.05, 3.63) is 71.3 Å². The number of hydrogen-bond donors (Lipinski definition) is 0. The van der Waals surface area contributed by atoms with Crippen LogP contribution >= 0.6 is 0 Å². The van der Waals surface area contributed by atoms with Gasteiger partial charge in [0.25, 0.3) is 5.91 Å². The van der Waals surface area contributed by atoms with Gasteiger partial charge in [-0.15, -0.1) is 5.10 Å². The minimum atomic E-state index is -0.220. The summed E-state index contributed by atoms with van der Waals surface area (Å²) in [6, 6.07) is 13.8. The van der Waals surface area contributed by atoms with Gasteiger partial charge in [0.2, 0.25) is 0 Å². The number of tetrazole rings is 1. The van der Waals surface area contributed by atoms with Gasteiger partial charge in [0.05, 0.1) is 0 Å². The standard InChI is InChI=1S/C22H25FN6O2/c1-2-29-21(24-25-26-29)16-31-20-8-6-18(7-9-20)22(30)28-12-10-27(11-13-28)15-17-4-3-5-19(23)14-17/h3-9,14H,2,10-13,15-16H2,1H3. The zero-order valence-electron chi connectivity index (χ0n) is 17.4. The lowest BCUT2D eigenvalue weighted by atomic mass is 10.1. The molecule has 1 aromatic heterocycles. The number of carbonyl (C=O) groups is 1. The van der Waals surface area contributed by atoms with Gasteiger partial charge in [-0.2, -0.15) is 0 Å². The van der Waals surface area contributed by atoms with Crippen molar-refractivity contribution in [1.82, 2.24) is 30.0 Å². The van der Waals surface area contributed by atoms with Crippen LogP contribution in [0.1, 0.15) is 28.7 Å². The number of rotatable bonds is 7. The molecule has 1 aliphatic rings. The molecule has 0 saturated carbocycles. The van der Waals surface area contributed by atoms with Crippen LogP contribution in [0.15, 0.2) is 48.5 Å². The molecule has 1 amide bonds. The first-order chi connectivity index (χ1) is 15.1. The van der Waals surface area contributed by atoms with Crippen molar-refractivity contribution in [3.8, 4) is 5.75 Å². The van der Waals surface area contributed by atoms with E-state index in [0.717, 1.165) is 18.7 Å². The average Bonchev–Trinajstić information content (AvgIpc) is 3.26. The van der Waals surface area contributed by atoms with Crippen LogP contribution < -0.4 is 4.74 Å². The number of hydrogen-bond acceptors (Lipinski definition) is 6. The molecule has 1 saturated heterocycles. The highest BCUT2D eigenvalue weighted by Gasteiger charge is 2.22. The minimum Gasteiger partial charge on any atom is -0.486 e. The molecule has 2 aromatic carbocycles. The van der Waals surface area contributed by atoms with E-state index in [9.17, 15) is 9.18 Å². The fourth-order valence-electron chi connectivity index (χ4n) is 3.60. The van der Waals surface area contributed by atoms with Crippen molar-refractivity contribution in [3.63, 3.8) is 0 Å². The van der Waals surface area contributed by atoms with Crippen molar-refractivity contribution in [2.75, 3.05) is 26.2 Å². The van der Waals surface area contributed by atoms with Crippen LogP contribution in [-0.2, 0) is 19.7 Å². The summed E-state index contributed by atoms with van der Waals surface area (Å²) in [5.41, 5.74) is 1.58. The van der Waals surface area contributed by atoms with Crippen molar-refractivity contribution in [2.24, 2.45) is 0 Å². The van der Waals surface area contributed by atoms with E-state index in [1.807, 2.05) is 17.9 Å². The van der Waals surface area contributed by atoms with E-state index < -0.39 is 0 Å². The van der Waals surface area contributed by atoms with Crippen molar-refractivity contribution < 1.29 is 13.9 Å². The Bertz CT molecular complexity index is 1010. The first kappa shape index (κ1) is 20.9. The first-order valence-electron chi connectivity index (χ1n) is 10.4. The summed E-state index contributed by atoms with van der Waals surface area (Å²) >= 11 is 0. The molecular weight excluding hydrogens is 399 g/mol. The molecule has 4 rings (SSSR count). The summed E-state index contributed by atoms with van der Waals surface area (Å²) in [6.07, 6.45) is 0. The van der Waals surface area contributed by atoms with Crippen LogP contribution in [0.2, 0.25) is 0 Å². The van der Waals surface area contributed by atoms with Gasteiger partial charge >= 0.3 is 0 Å². The number of ether oxygens (including phenoxy) is 1. The van der Waals surface area contributed by atoms with E-state index in [2.05, 4.69) is 20.4 Å². The number of aromatic nitrogens is 4. The van der Waals surface area contributed by atoms with Crippen molar-refractivity contribution in [1.29, 1.82) is 0 Å². The second-order valence-corrected chi connectivity index (χ2v) is 7.42. The Kier molecular flexibility index (Phi) is 6.51. The summed E-state index contributed by atoms with van der Waals surface area (Å²) in [5, 5.41) is 11.5. The van der Waals surface area contributed by atoms with Gasteiger partial charge in [-0.1, -0.05) is 12.1 Å². The van der Waals surface area contributed by atoms with Gasteiger partial charge < -0.3 is 9.64 Å². The summed E-state index contributed by atoms with van der Waals surface area (Å²) in [4.78, 5) is 16.9. The summed E-state index contributed by atoms with van der Waals surface area (Å²) in [6.45, 7) is 6.40. The van der Waals surface area contributed by atoms with E-state index in [1.54, 1.807) is 41.1 Å². The Morgan fingerprint density at radius 1 is 1.10 bits per heavy atom. The molecule has 0 N–H and O–H groups in total. The number of piperazine rings is 1. The lowest BCUT2D eigenvalue weighted by molar-refractivity contribution is 0.0628. The number of aryl methyl sites for hydroxylation is 1. The Hall–Kier alpha value is -3.33. The lowest BCUT2D eigenvalue weighted by Crippen LogP contribution is -2.48. The van der Waals surface area contributed by atoms with Crippen LogP contribution in [0.4, 0.5) is 4.39 Å². The van der Waals surface area contributed by atoms with Crippen molar-refractivity contribution in [2.45, 2.75) is 26.6 Å². The fraction of sp³-hybridized carbons (Fsp3) is 0.364.